The molecular formula is C16H17F6N7O. The lowest BCUT2D eigenvalue weighted by Gasteiger charge is -2.28. The van der Waals surface area contributed by atoms with Crippen molar-refractivity contribution in [3.8, 4) is 0 Å². The summed E-state index contributed by atoms with van der Waals surface area (Å²) >= 11 is 0. The topological polar surface area (TPSA) is 79.9 Å². The second-order valence-corrected chi connectivity index (χ2v) is 6.44. The summed E-state index contributed by atoms with van der Waals surface area (Å²) in [6.07, 6.45) is -8.21. The summed E-state index contributed by atoms with van der Waals surface area (Å²) in [7, 11) is 1.79. The first-order valence-corrected chi connectivity index (χ1v) is 8.80. The van der Waals surface area contributed by atoms with E-state index in [0.717, 1.165) is 12.0 Å². The molecule has 30 heavy (non-hydrogen) atoms. The average molecular weight is 437 g/mol. The first kappa shape index (κ1) is 21.8. The molecule has 0 unspecified atom stereocenters. The van der Waals surface area contributed by atoms with Gasteiger partial charge in [0.15, 0.2) is 0 Å². The maximum absolute atomic E-state index is 13.0. The van der Waals surface area contributed by atoms with Crippen molar-refractivity contribution in [2.24, 2.45) is 10.2 Å². The van der Waals surface area contributed by atoms with Gasteiger partial charge in [-0.25, -0.2) is 0 Å². The van der Waals surface area contributed by atoms with Crippen LogP contribution < -0.4 is 10.4 Å². The van der Waals surface area contributed by atoms with Gasteiger partial charge < -0.3 is 4.90 Å². The molecule has 3 rings (SSSR count). The predicted molar refractivity (Wildman–Crippen MR) is 93.7 cm³/mol. The van der Waals surface area contributed by atoms with Gasteiger partial charge in [-0.2, -0.15) is 18.0 Å². The van der Waals surface area contributed by atoms with Gasteiger partial charge in [0.25, 0.3) is 5.95 Å². The highest BCUT2D eigenvalue weighted by molar-refractivity contribution is 5.74. The summed E-state index contributed by atoms with van der Waals surface area (Å²) in [4.78, 5) is 5.54. The van der Waals surface area contributed by atoms with Crippen molar-refractivity contribution >= 4 is 23.0 Å². The largest absolute Gasteiger partial charge is 0.543 e. The smallest absolute Gasteiger partial charge is 0.374 e. The van der Waals surface area contributed by atoms with Gasteiger partial charge in [0.1, 0.15) is 5.69 Å². The van der Waals surface area contributed by atoms with Crippen molar-refractivity contribution in [2.75, 3.05) is 24.0 Å². The number of azo groups is 1. The minimum absolute atomic E-state index is 0.0486. The van der Waals surface area contributed by atoms with Crippen LogP contribution in [-0.2, 0) is 24.0 Å². The van der Waals surface area contributed by atoms with E-state index in [-0.39, 0.29) is 17.9 Å². The lowest BCUT2D eigenvalue weighted by Crippen LogP contribution is -2.25. The molecule has 2 heterocycles. The van der Waals surface area contributed by atoms with Gasteiger partial charge in [0.05, 0.1) is 5.69 Å². The maximum atomic E-state index is 13.0. The maximum Gasteiger partial charge on any atom is 0.543 e. The van der Waals surface area contributed by atoms with E-state index >= 15 is 0 Å². The molecule has 164 valence electrons. The Morgan fingerprint density at radius 2 is 1.87 bits per heavy atom. The SMILES string of the molecule is CCn1c(N=Nc2cc3c(cc2NOC(F)(F)F)N(C)CCC3)nnc1C(F)(F)F. The van der Waals surface area contributed by atoms with E-state index in [1.807, 2.05) is 4.90 Å². The molecule has 0 radical (unpaired) electrons. The Kier molecular flexibility index (Phi) is 5.87. The minimum atomic E-state index is -4.96. The molecule has 1 aromatic heterocycles. The second kappa shape index (κ2) is 8.08. The number of hydrogen-bond acceptors (Lipinski definition) is 7. The van der Waals surface area contributed by atoms with Crippen LogP contribution in [0, 0.1) is 0 Å². The van der Waals surface area contributed by atoms with Gasteiger partial charge in [-0.3, -0.25) is 10.0 Å². The van der Waals surface area contributed by atoms with Crippen LogP contribution in [0.5, 0.6) is 0 Å². The van der Waals surface area contributed by atoms with Crippen LogP contribution in [0.1, 0.15) is 24.7 Å². The fourth-order valence-electron chi connectivity index (χ4n) is 3.05. The molecule has 0 fully saturated rings. The number of anilines is 2. The average Bonchev–Trinajstić information content (AvgIpc) is 3.07. The van der Waals surface area contributed by atoms with E-state index in [4.69, 9.17) is 0 Å². The van der Waals surface area contributed by atoms with Crippen LogP contribution in [-0.4, -0.2) is 34.7 Å². The summed E-state index contributed by atoms with van der Waals surface area (Å²) in [5.41, 5.74) is 3.08. The van der Waals surface area contributed by atoms with Crippen LogP contribution in [0.25, 0.3) is 0 Å². The molecule has 0 aliphatic carbocycles. The van der Waals surface area contributed by atoms with E-state index in [1.165, 1.54) is 19.1 Å². The molecule has 0 atom stereocenters. The number of fused-ring (bicyclic) bond motifs is 1. The Morgan fingerprint density at radius 1 is 1.13 bits per heavy atom. The van der Waals surface area contributed by atoms with Crippen LogP contribution in [0.2, 0.25) is 0 Å². The molecule has 1 aliphatic rings. The number of rotatable bonds is 5. The quantitative estimate of drug-likeness (QED) is 0.406. The predicted octanol–water partition coefficient (Wildman–Crippen LogP) is 4.98. The number of nitrogens with zero attached hydrogens (tertiary/aromatic N) is 6. The number of benzene rings is 1. The summed E-state index contributed by atoms with van der Waals surface area (Å²) in [5, 5.41) is 14.0. The van der Waals surface area contributed by atoms with Gasteiger partial charge >= 0.3 is 12.5 Å². The Morgan fingerprint density at radius 3 is 2.50 bits per heavy atom. The number of hydrogen-bond donors (Lipinski definition) is 1. The van der Waals surface area contributed by atoms with E-state index in [0.29, 0.717) is 23.2 Å². The third-order valence-electron chi connectivity index (χ3n) is 4.37. The zero-order valence-electron chi connectivity index (χ0n) is 15.8. The first-order valence-electron chi connectivity index (χ1n) is 8.80. The molecule has 0 saturated heterocycles. The normalized spacial score (nSPS) is 15.0. The van der Waals surface area contributed by atoms with E-state index < -0.39 is 24.3 Å². The zero-order chi connectivity index (χ0) is 22.1. The van der Waals surface area contributed by atoms with Crippen molar-refractivity contribution < 1.29 is 31.2 Å². The zero-order valence-corrected chi connectivity index (χ0v) is 15.8. The van der Waals surface area contributed by atoms with Crippen molar-refractivity contribution in [1.82, 2.24) is 14.8 Å². The molecule has 1 aromatic carbocycles. The lowest BCUT2D eigenvalue weighted by molar-refractivity contribution is -0.311. The van der Waals surface area contributed by atoms with Crippen molar-refractivity contribution in [3.63, 3.8) is 0 Å². The Labute approximate surface area is 166 Å². The fourth-order valence-corrected chi connectivity index (χ4v) is 3.05. The number of halogens is 6. The van der Waals surface area contributed by atoms with Crippen molar-refractivity contribution in [3.05, 3.63) is 23.5 Å². The standard InChI is InChI=1S/C16H17F6N7O/c1-3-29-13(15(17,18)19)24-26-14(29)25-23-10-7-9-5-4-6-28(2)12(9)8-11(10)27-30-16(20,21)22/h7-8,27H,3-6H2,1-2H3. The molecule has 8 nitrogen and oxygen atoms in total. The van der Waals surface area contributed by atoms with E-state index in [2.05, 4.69) is 25.3 Å². The molecule has 0 saturated carbocycles. The second-order valence-electron chi connectivity index (χ2n) is 6.44. The third-order valence-corrected chi connectivity index (χ3v) is 4.37. The number of alkyl halides is 6. The van der Waals surface area contributed by atoms with Gasteiger partial charge in [-0.1, -0.05) is 0 Å². The summed E-state index contributed by atoms with van der Waals surface area (Å²) in [5.74, 6) is -1.67. The molecule has 0 amide bonds. The molecule has 1 aliphatic heterocycles. The van der Waals surface area contributed by atoms with Crippen LogP contribution in [0.3, 0.4) is 0 Å². The molecule has 2 aromatic rings. The lowest BCUT2D eigenvalue weighted by atomic mass is 10.0. The third kappa shape index (κ3) is 4.80. The molecule has 1 N–H and O–H groups in total. The van der Waals surface area contributed by atoms with Gasteiger partial charge in [-0.05, 0) is 37.5 Å². The fraction of sp³-hybridized carbons (Fsp3) is 0.500. The minimum Gasteiger partial charge on any atom is -0.374 e. The monoisotopic (exact) mass is 437 g/mol. The highest BCUT2D eigenvalue weighted by Crippen LogP contribution is 2.38. The first-order chi connectivity index (χ1) is 14.0. The Bertz CT molecular complexity index is 937. The number of aryl methyl sites for hydroxylation is 1. The molecule has 0 bridgehead atoms. The van der Waals surface area contributed by atoms with Gasteiger partial charge in [0, 0.05) is 25.8 Å². The Hall–Kier alpha value is -2.90. The number of aromatic nitrogens is 3. The summed E-state index contributed by atoms with van der Waals surface area (Å²) in [6, 6.07) is 2.92. The summed E-state index contributed by atoms with van der Waals surface area (Å²) in [6.45, 7) is 2.03. The molecule has 0 spiro atoms. The van der Waals surface area contributed by atoms with Crippen molar-refractivity contribution in [2.45, 2.75) is 38.8 Å². The molecule has 14 heteroatoms. The van der Waals surface area contributed by atoms with Crippen LogP contribution in [0.15, 0.2) is 22.4 Å². The van der Waals surface area contributed by atoms with Crippen LogP contribution >= 0.6 is 0 Å². The van der Waals surface area contributed by atoms with E-state index in [1.54, 1.807) is 12.5 Å². The van der Waals surface area contributed by atoms with Gasteiger partial charge in [-0.15, -0.1) is 33.6 Å². The van der Waals surface area contributed by atoms with Crippen LogP contribution in [0.4, 0.5) is 49.4 Å². The van der Waals surface area contributed by atoms with E-state index in [9.17, 15) is 26.3 Å². The Balaban J connectivity index is 1.99. The summed E-state index contributed by atoms with van der Waals surface area (Å²) < 4.78 is 77.1. The highest BCUT2D eigenvalue weighted by atomic mass is 19.4. The molecular weight excluding hydrogens is 420 g/mol. The highest BCUT2D eigenvalue weighted by Gasteiger charge is 2.38. The number of nitrogens with one attached hydrogen (secondary N) is 1. The van der Waals surface area contributed by atoms with Gasteiger partial charge in [0.2, 0.25) is 5.82 Å². The van der Waals surface area contributed by atoms with Crippen molar-refractivity contribution in [1.29, 1.82) is 0 Å².